The number of hydrogen-bond acceptors (Lipinski definition) is 4. The van der Waals surface area contributed by atoms with Gasteiger partial charge in [-0.25, -0.2) is 0 Å². The van der Waals surface area contributed by atoms with Crippen LogP contribution in [0.15, 0.2) is 24.3 Å². The van der Waals surface area contributed by atoms with Gasteiger partial charge >= 0.3 is 0 Å². The lowest BCUT2D eigenvalue weighted by Crippen LogP contribution is -2.36. The largest absolute Gasteiger partial charge is 0.484 e. The number of aliphatic hydroxyl groups excluding tert-OH is 1. The highest BCUT2D eigenvalue weighted by Crippen LogP contribution is 2.15. The van der Waals surface area contributed by atoms with Crippen LogP contribution in [-0.2, 0) is 4.79 Å². The van der Waals surface area contributed by atoms with Crippen molar-refractivity contribution < 1.29 is 14.6 Å². The van der Waals surface area contributed by atoms with Crippen LogP contribution < -0.4 is 15.4 Å². The van der Waals surface area contributed by atoms with Crippen LogP contribution in [0.5, 0.6) is 5.75 Å². The van der Waals surface area contributed by atoms with Gasteiger partial charge in [0.05, 0.1) is 6.10 Å². The molecule has 3 N–H and O–H groups in total. The Bertz CT molecular complexity index is 428. The normalized spacial score (nSPS) is 21.1. The molecule has 0 aromatic heterocycles. The van der Waals surface area contributed by atoms with E-state index in [9.17, 15) is 9.90 Å². The minimum Gasteiger partial charge on any atom is -0.484 e. The molecule has 1 heterocycles. The summed E-state index contributed by atoms with van der Waals surface area (Å²) in [6.07, 6.45) is -0.391. The highest BCUT2D eigenvalue weighted by molar-refractivity contribution is 6.30. The summed E-state index contributed by atoms with van der Waals surface area (Å²) < 4.78 is 5.32. The van der Waals surface area contributed by atoms with E-state index in [2.05, 4.69) is 10.6 Å². The van der Waals surface area contributed by atoms with Crippen LogP contribution in [0.2, 0.25) is 5.02 Å². The van der Waals surface area contributed by atoms with Crippen molar-refractivity contribution in [3.63, 3.8) is 0 Å². The fourth-order valence-electron chi connectivity index (χ4n) is 1.90. The van der Waals surface area contributed by atoms with E-state index in [-0.39, 0.29) is 30.8 Å². The van der Waals surface area contributed by atoms with Gasteiger partial charge in [0, 0.05) is 30.6 Å². The van der Waals surface area contributed by atoms with Gasteiger partial charge in [-0.2, -0.15) is 0 Å². The molecule has 1 aromatic carbocycles. The van der Waals surface area contributed by atoms with E-state index in [1.165, 1.54) is 0 Å². The Kier molecular flexibility index (Phi) is 7.09. The third-order valence-electron chi connectivity index (χ3n) is 3.05. The Hall–Kier alpha value is -1.01. The van der Waals surface area contributed by atoms with Crippen LogP contribution in [0.25, 0.3) is 0 Å². The van der Waals surface area contributed by atoms with Crippen molar-refractivity contribution in [2.45, 2.75) is 6.10 Å². The van der Waals surface area contributed by atoms with E-state index in [1.54, 1.807) is 24.3 Å². The van der Waals surface area contributed by atoms with Crippen LogP contribution in [0, 0.1) is 5.92 Å². The zero-order chi connectivity index (χ0) is 13.7. The number of ether oxygens (including phenoxy) is 1. The van der Waals surface area contributed by atoms with E-state index in [0.717, 1.165) is 6.54 Å². The number of β-amino-alcohol motifs (C(OH)–C–C–N with tert-alkyl or cyclic N) is 1. The minimum absolute atomic E-state index is 0. The van der Waals surface area contributed by atoms with Gasteiger partial charge in [-0.15, -0.1) is 12.4 Å². The van der Waals surface area contributed by atoms with E-state index < -0.39 is 6.10 Å². The molecular formula is C13H18Cl2N2O3. The first-order chi connectivity index (χ1) is 9.15. The number of rotatable bonds is 5. The summed E-state index contributed by atoms with van der Waals surface area (Å²) in [7, 11) is 0. The van der Waals surface area contributed by atoms with Crippen LogP contribution in [0.1, 0.15) is 0 Å². The summed E-state index contributed by atoms with van der Waals surface area (Å²) in [6.45, 7) is 1.72. The monoisotopic (exact) mass is 320 g/mol. The number of carbonyl (C=O) groups excluding carboxylic acids is 1. The molecule has 1 amide bonds. The number of hydrogen-bond donors (Lipinski definition) is 3. The van der Waals surface area contributed by atoms with Crippen LogP contribution in [-0.4, -0.2) is 43.4 Å². The second-order valence-electron chi connectivity index (χ2n) is 4.53. The first kappa shape index (κ1) is 17.0. The quantitative estimate of drug-likeness (QED) is 0.752. The van der Waals surface area contributed by atoms with Crippen molar-refractivity contribution in [1.82, 2.24) is 10.6 Å². The van der Waals surface area contributed by atoms with Gasteiger partial charge in [0.25, 0.3) is 5.91 Å². The molecule has 112 valence electrons. The third-order valence-corrected chi connectivity index (χ3v) is 3.30. The van der Waals surface area contributed by atoms with Crippen LogP contribution in [0.4, 0.5) is 0 Å². The molecule has 2 rings (SSSR count). The van der Waals surface area contributed by atoms with Gasteiger partial charge in [0.2, 0.25) is 0 Å². The number of amides is 1. The maximum Gasteiger partial charge on any atom is 0.257 e. The predicted molar refractivity (Wildman–Crippen MR) is 79.6 cm³/mol. The third kappa shape index (κ3) is 5.17. The number of nitrogens with one attached hydrogen (secondary N) is 2. The molecule has 5 nitrogen and oxygen atoms in total. The van der Waals surface area contributed by atoms with E-state index >= 15 is 0 Å². The SMILES string of the molecule is Cl.O=C(COc1ccc(Cl)cc1)NCC1CNCC1O. The fourth-order valence-corrected chi connectivity index (χ4v) is 2.03. The first-order valence-corrected chi connectivity index (χ1v) is 6.57. The molecule has 7 heteroatoms. The minimum atomic E-state index is -0.391. The van der Waals surface area contributed by atoms with Crippen molar-refractivity contribution >= 4 is 29.9 Å². The molecule has 0 spiro atoms. The van der Waals surface area contributed by atoms with Gasteiger partial charge in [-0.05, 0) is 24.3 Å². The standard InChI is InChI=1S/C13H17ClN2O3.ClH/c14-10-1-3-11(4-2-10)19-8-13(18)16-6-9-5-15-7-12(9)17;/h1-4,9,12,15,17H,5-8H2,(H,16,18);1H. The highest BCUT2D eigenvalue weighted by Gasteiger charge is 2.24. The predicted octanol–water partition coefficient (Wildman–Crippen LogP) is 0.837. The van der Waals surface area contributed by atoms with Crippen molar-refractivity contribution in [3.05, 3.63) is 29.3 Å². The van der Waals surface area contributed by atoms with Crippen molar-refractivity contribution in [3.8, 4) is 5.75 Å². The molecule has 0 aliphatic carbocycles. The summed E-state index contributed by atoms with van der Waals surface area (Å²) >= 11 is 5.75. The van der Waals surface area contributed by atoms with Crippen LogP contribution in [0.3, 0.4) is 0 Å². The Morgan fingerprint density at radius 1 is 1.40 bits per heavy atom. The Morgan fingerprint density at radius 2 is 2.10 bits per heavy atom. The summed E-state index contributed by atoms with van der Waals surface area (Å²) in [4.78, 5) is 11.6. The Labute approximate surface area is 129 Å². The number of benzene rings is 1. The van der Waals surface area contributed by atoms with E-state index in [1.807, 2.05) is 0 Å². The zero-order valence-electron chi connectivity index (χ0n) is 10.8. The number of halogens is 2. The maximum absolute atomic E-state index is 11.6. The second kappa shape index (κ2) is 8.32. The summed E-state index contributed by atoms with van der Waals surface area (Å²) in [5, 5.41) is 16.0. The molecule has 0 bridgehead atoms. The lowest BCUT2D eigenvalue weighted by molar-refractivity contribution is -0.123. The molecule has 2 unspecified atom stereocenters. The molecule has 0 radical (unpaired) electrons. The Balaban J connectivity index is 0.00000200. The highest BCUT2D eigenvalue weighted by atomic mass is 35.5. The lowest BCUT2D eigenvalue weighted by atomic mass is 10.1. The Morgan fingerprint density at radius 3 is 2.70 bits per heavy atom. The van der Waals surface area contributed by atoms with Gasteiger partial charge in [-0.3, -0.25) is 4.79 Å². The van der Waals surface area contributed by atoms with Crippen molar-refractivity contribution in [1.29, 1.82) is 0 Å². The molecule has 2 atom stereocenters. The smallest absolute Gasteiger partial charge is 0.257 e. The molecule has 1 aromatic rings. The van der Waals surface area contributed by atoms with Crippen molar-refractivity contribution in [2.75, 3.05) is 26.2 Å². The zero-order valence-corrected chi connectivity index (χ0v) is 12.4. The average Bonchev–Trinajstić information content (AvgIpc) is 2.81. The molecule has 20 heavy (non-hydrogen) atoms. The molecule has 1 fully saturated rings. The summed E-state index contributed by atoms with van der Waals surface area (Å²) in [6, 6.07) is 6.82. The average molecular weight is 321 g/mol. The van der Waals surface area contributed by atoms with Gasteiger partial charge in [0.15, 0.2) is 6.61 Å². The second-order valence-corrected chi connectivity index (χ2v) is 4.97. The lowest BCUT2D eigenvalue weighted by Gasteiger charge is -2.14. The maximum atomic E-state index is 11.6. The first-order valence-electron chi connectivity index (χ1n) is 6.19. The molecule has 1 aliphatic heterocycles. The number of carbonyl (C=O) groups is 1. The molecule has 1 aliphatic rings. The molecule has 1 saturated heterocycles. The molecular weight excluding hydrogens is 303 g/mol. The molecule has 0 saturated carbocycles. The number of aliphatic hydroxyl groups is 1. The van der Waals surface area contributed by atoms with Crippen LogP contribution >= 0.6 is 24.0 Å². The van der Waals surface area contributed by atoms with Gasteiger partial charge in [-0.1, -0.05) is 11.6 Å². The van der Waals surface area contributed by atoms with Crippen molar-refractivity contribution in [2.24, 2.45) is 5.92 Å². The van der Waals surface area contributed by atoms with E-state index in [4.69, 9.17) is 16.3 Å². The van der Waals surface area contributed by atoms with Gasteiger partial charge in [0.1, 0.15) is 5.75 Å². The summed E-state index contributed by atoms with van der Waals surface area (Å²) in [5.41, 5.74) is 0. The topological polar surface area (TPSA) is 70.6 Å². The fraction of sp³-hybridized carbons (Fsp3) is 0.462. The van der Waals surface area contributed by atoms with E-state index in [0.29, 0.717) is 23.9 Å². The van der Waals surface area contributed by atoms with Gasteiger partial charge < -0.3 is 20.5 Å². The summed E-state index contributed by atoms with van der Waals surface area (Å²) in [5.74, 6) is 0.468.